The first-order chi connectivity index (χ1) is 24.6. The summed E-state index contributed by atoms with van der Waals surface area (Å²) in [5, 5.41) is 12.5. The Labute approximate surface area is 331 Å². The van der Waals surface area contributed by atoms with E-state index < -0.39 is 0 Å². The SMILES string of the molecule is CC(C)Cc1cccc2c1CCc1oc3c(-c4[c-]c5ccccc5c(C(C)(C)C)c4)ncnc3c1-2.CCC(C)(CC)C(=O)/C=C(\O)C(C)(CC)CC.[Ir]. The van der Waals surface area contributed by atoms with Gasteiger partial charge in [-0.2, -0.15) is 0 Å². The third kappa shape index (κ3) is 8.55. The number of furan rings is 1. The molecule has 53 heavy (non-hydrogen) atoms. The standard InChI is InChI=1S/C32H31N2O.C15H28O2.Ir/c1-19(2)15-20-10-8-12-25-23(20)13-14-27-28(25)30-31(35-27)29(33-18-34-30)22-16-21-9-6-7-11-24(21)26(17-22)32(3,4)5;1-7-14(5,8-2)12(16)11-13(17)15(6,9-3)10-4;/h6-12,17-19H,13-15H2,1-5H3;11,16H,7-10H2,1-6H3;/q-1;;/b;12-11-;. The number of aliphatic hydroxyl groups excluding tert-OH is 1. The van der Waals surface area contributed by atoms with Gasteiger partial charge >= 0.3 is 0 Å². The second-order valence-corrected chi connectivity index (χ2v) is 16.7. The van der Waals surface area contributed by atoms with Crippen LogP contribution >= 0.6 is 0 Å². The van der Waals surface area contributed by atoms with Crippen molar-refractivity contribution in [3.63, 3.8) is 0 Å². The fraction of sp³-hybridized carbons (Fsp3) is 0.468. The molecule has 1 N–H and O–H groups in total. The Hall–Kier alpha value is -3.60. The van der Waals surface area contributed by atoms with E-state index in [0.29, 0.717) is 5.92 Å². The molecular weight excluding hydrogens is 833 g/mol. The van der Waals surface area contributed by atoms with Gasteiger partial charge in [-0.15, -0.1) is 29.1 Å². The van der Waals surface area contributed by atoms with Gasteiger partial charge in [-0.25, -0.2) is 4.98 Å². The molecule has 0 atom stereocenters. The number of carbonyl (C=O) groups is 1. The minimum atomic E-state index is -0.337. The number of benzene rings is 3. The van der Waals surface area contributed by atoms with E-state index in [1.165, 1.54) is 33.7 Å². The Morgan fingerprint density at radius 1 is 0.906 bits per heavy atom. The first-order valence-electron chi connectivity index (χ1n) is 19.4. The molecule has 3 aromatic carbocycles. The summed E-state index contributed by atoms with van der Waals surface area (Å²) in [4.78, 5) is 21.7. The molecule has 0 spiro atoms. The van der Waals surface area contributed by atoms with Crippen LogP contribution in [0.3, 0.4) is 0 Å². The van der Waals surface area contributed by atoms with Crippen LogP contribution in [0, 0.1) is 22.8 Å². The number of allylic oxidation sites excluding steroid dienone is 2. The maximum atomic E-state index is 12.2. The largest absolute Gasteiger partial charge is 0.512 e. The van der Waals surface area contributed by atoms with E-state index in [2.05, 4.69) is 89.2 Å². The molecule has 0 amide bonds. The summed E-state index contributed by atoms with van der Waals surface area (Å²) in [6.45, 7) is 23.4. The predicted octanol–water partition coefficient (Wildman–Crippen LogP) is 12.8. The van der Waals surface area contributed by atoms with Crippen LogP contribution in [0.15, 0.2) is 71.1 Å². The molecule has 6 heteroatoms. The Bertz CT molecular complexity index is 2090. The molecule has 0 bridgehead atoms. The average Bonchev–Trinajstić information content (AvgIpc) is 3.53. The summed E-state index contributed by atoms with van der Waals surface area (Å²) >= 11 is 0. The molecule has 0 saturated carbocycles. The zero-order valence-electron chi connectivity index (χ0n) is 33.8. The van der Waals surface area contributed by atoms with Crippen molar-refractivity contribution in [3.8, 4) is 22.4 Å². The fourth-order valence-electron chi connectivity index (χ4n) is 7.30. The molecule has 0 saturated heterocycles. The van der Waals surface area contributed by atoms with E-state index in [-0.39, 0.29) is 47.9 Å². The molecule has 0 fully saturated rings. The molecule has 285 valence electrons. The van der Waals surface area contributed by atoms with Gasteiger partial charge in [-0.05, 0) is 66.5 Å². The Morgan fingerprint density at radius 3 is 2.19 bits per heavy atom. The summed E-state index contributed by atoms with van der Waals surface area (Å²) in [6.07, 6.45) is 9.42. The van der Waals surface area contributed by atoms with Crippen molar-refractivity contribution in [1.29, 1.82) is 0 Å². The van der Waals surface area contributed by atoms with Gasteiger partial charge in [0, 0.05) is 49.0 Å². The normalized spacial score (nSPS) is 13.3. The van der Waals surface area contributed by atoms with Crippen molar-refractivity contribution in [2.24, 2.45) is 16.7 Å². The number of hydrogen-bond donors (Lipinski definition) is 1. The fourth-order valence-corrected chi connectivity index (χ4v) is 7.30. The van der Waals surface area contributed by atoms with Gasteiger partial charge in [0.15, 0.2) is 5.78 Å². The number of aliphatic hydroxyl groups is 1. The molecule has 2 aromatic heterocycles. The van der Waals surface area contributed by atoms with Crippen molar-refractivity contribution in [2.45, 2.75) is 127 Å². The van der Waals surface area contributed by atoms with E-state index >= 15 is 0 Å². The minimum absolute atomic E-state index is 0. The van der Waals surface area contributed by atoms with Gasteiger partial charge in [0.2, 0.25) is 0 Å². The molecule has 0 aliphatic heterocycles. The van der Waals surface area contributed by atoms with Crippen molar-refractivity contribution < 1.29 is 34.4 Å². The quantitative estimate of drug-likeness (QED) is 0.0859. The summed E-state index contributed by atoms with van der Waals surface area (Å²) in [7, 11) is 0. The van der Waals surface area contributed by atoms with Crippen LogP contribution in [-0.4, -0.2) is 20.9 Å². The van der Waals surface area contributed by atoms with Crippen LogP contribution in [0.2, 0.25) is 0 Å². The van der Waals surface area contributed by atoms with Gasteiger partial charge < -0.3 is 9.52 Å². The maximum Gasteiger partial charge on any atom is 0.164 e. The Morgan fingerprint density at radius 2 is 1.57 bits per heavy atom. The second-order valence-electron chi connectivity index (χ2n) is 16.7. The zero-order valence-corrected chi connectivity index (χ0v) is 36.2. The van der Waals surface area contributed by atoms with Crippen LogP contribution in [0.4, 0.5) is 0 Å². The van der Waals surface area contributed by atoms with Crippen molar-refractivity contribution in [1.82, 2.24) is 9.97 Å². The van der Waals surface area contributed by atoms with Crippen LogP contribution in [0.25, 0.3) is 44.3 Å². The number of carbonyl (C=O) groups excluding carboxylic acids is 1. The summed E-state index contributed by atoms with van der Waals surface area (Å²) in [6, 6.07) is 21.0. The van der Waals surface area contributed by atoms with E-state index in [1.807, 2.05) is 41.5 Å². The summed E-state index contributed by atoms with van der Waals surface area (Å²) < 4.78 is 6.55. The number of fused-ring (bicyclic) bond motifs is 6. The van der Waals surface area contributed by atoms with Gasteiger partial charge in [-0.3, -0.25) is 9.78 Å². The van der Waals surface area contributed by atoms with Gasteiger partial charge in [0.05, 0.1) is 5.69 Å². The molecule has 5 aromatic rings. The topological polar surface area (TPSA) is 76.2 Å². The van der Waals surface area contributed by atoms with Crippen LogP contribution in [-0.2, 0) is 49.6 Å². The summed E-state index contributed by atoms with van der Waals surface area (Å²) in [5.41, 5.74) is 9.44. The number of rotatable bonds is 10. The molecule has 5 nitrogen and oxygen atoms in total. The molecule has 0 unspecified atom stereocenters. The molecule has 2 heterocycles. The molecular formula is C47H59IrN2O3-. The van der Waals surface area contributed by atoms with Gasteiger partial charge in [0.25, 0.3) is 0 Å². The second kappa shape index (κ2) is 16.8. The smallest absolute Gasteiger partial charge is 0.164 e. The first kappa shape index (κ1) is 42.1. The van der Waals surface area contributed by atoms with E-state index in [0.717, 1.165) is 84.0 Å². The Balaban J connectivity index is 0.000000299. The van der Waals surface area contributed by atoms with Crippen LogP contribution < -0.4 is 0 Å². The van der Waals surface area contributed by atoms with E-state index in [9.17, 15) is 9.90 Å². The number of aryl methyl sites for hydroxylation is 1. The third-order valence-corrected chi connectivity index (χ3v) is 11.8. The maximum absolute atomic E-state index is 12.2. The predicted molar refractivity (Wildman–Crippen MR) is 217 cm³/mol. The van der Waals surface area contributed by atoms with E-state index in [4.69, 9.17) is 14.4 Å². The zero-order chi connectivity index (χ0) is 38.0. The molecule has 1 radical (unpaired) electrons. The monoisotopic (exact) mass is 892 g/mol. The van der Waals surface area contributed by atoms with Gasteiger partial charge in [0.1, 0.15) is 28.9 Å². The van der Waals surface area contributed by atoms with Gasteiger partial charge in [-0.1, -0.05) is 124 Å². The minimum Gasteiger partial charge on any atom is -0.512 e. The van der Waals surface area contributed by atoms with Crippen molar-refractivity contribution in [3.05, 3.63) is 95.2 Å². The van der Waals surface area contributed by atoms with E-state index in [1.54, 1.807) is 6.33 Å². The number of aromatic nitrogens is 2. The van der Waals surface area contributed by atoms with Crippen LogP contribution in [0.1, 0.15) is 124 Å². The first-order valence-corrected chi connectivity index (χ1v) is 19.4. The van der Waals surface area contributed by atoms with Crippen LogP contribution in [0.5, 0.6) is 0 Å². The summed E-state index contributed by atoms with van der Waals surface area (Å²) in [5.74, 6) is 1.93. The number of hydrogen-bond acceptors (Lipinski definition) is 5. The number of ketones is 1. The average molecular weight is 892 g/mol. The van der Waals surface area contributed by atoms with Crippen molar-refractivity contribution >= 4 is 27.7 Å². The number of nitrogens with zero attached hydrogens (tertiary/aromatic N) is 2. The molecule has 1 aliphatic rings. The molecule has 6 rings (SSSR count). The third-order valence-electron chi connectivity index (χ3n) is 11.8. The molecule has 1 aliphatic carbocycles. The Kier molecular flexibility index (Phi) is 13.4. The van der Waals surface area contributed by atoms with Crippen molar-refractivity contribution in [2.75, 3.05) is 0 Å².